The summed E-state index contributed by atoms with van der Waals surface area (Å²) in [5, 5.41) is 9.24. The van der Waals surface area contributed by atoms with Gasteiger partial charge in [-0.2, -0.15) is 0 Å². The van der Waals surface area contributed by atoms with Gasteiger partial charge in [-0.15, -0.1) is 0 Å². The molecule has 3 nitrogen and oxygen atoms in total. The topological polar surface area (TPSA) is 46.3 Å². The molecule has 1 aromatic carbocycles. The molecule has 80 valence electrons. The third-order valence-electron chi connectivity index (χ3n) is 2.17. The molecule has 2 aromatic rings. The molecule has 0 saturated carbocycles. The maximum atomic E-state index is 12.9. The number of hydrogen-bond acceptors (Lipinski definition) is 3. The zero-order valence-electron chi connectivity index (χ0n) is 8.64. The van der Waals surface area contributed by atoms with Gasteiger partial charge in [0.2, 0.25) is 5.89 Å². The molecule has 0 saturated heterocycles. The number of hydrogen-bond donors (Lipinski definition) is 1. The van der Waals surface area contributed by atoms with Gasteiger partial charge in [0.05, 0.1) is 0 Å². The number of aliphatic hydroxyl groups is 1. The second-order valence-electron chi connectivity index (χ2n) is 3.48. The van der Waals surface area contributed by atoms with Gasteiger partial charge < -0.3 is 9.52 Å². The van der Waals surface area contributed by atoms with Crippen LogP contribution in [-0.4, -0.2) is 17.9 Å². The lowest BCUT2D eigenvalue weighted by atomic mass is 9.93. The van der Waals surface area contributed by atoms with E-state index in [1.807, 2.05) is 0 Å². The number of benzene rings is 1. The average molecular weight is 217 g/mol. The van der Waals surface area contributed by atoms with E-state index in [4.69, 9.17) is 12.3 Å². The normalized spacial score (nSPS) is 12.7. The van der Waals surface area contributed by atoms with Gasteiger partial charge in [0.1, 0.15) is 31.7 Å². The zero-order valence-corrected chi connectivity index (χ0v) is 8.64. The van der Waals surface area contributed by atoms with Crippen molar-refractivity contribution in [2.45, 2.75) is 13.0 Å². The van der Waals surface area contributed by atoms with Crippen LogP contribution in [0.15, 0.2) is 28.9 Å². The van der Waals surface area contributed by atoms with Crippen molar-refractivity contribution in [2.75, 3.05) is 0 Å². The van der Waals surface area contributed by atoms with Crippen molar-refractivity contribution in [3.8, 4) is 11.3 Å². The van der Waals surface area contributed by atoms with Crippen LogP contribution in [0.25, 0.3) is 11.3 Å². The molecule has 5 heteroatoms. The summed E-state index contributed by atoms with van der Waals surface area (Å²) >= 11 is 0. The minimum atomic E-state index is -0.772. The van der Waals surface area contributed by atoms with Crippen LogP contribution in [-0.2, 0) is 0 Å². The summed E-state index contributed by atoms with van der Waals surface area (Å²) in [6.45, 7) is 1.55. The van der Waals surface area contributed by atoms with Gasteiger partial charge in [0.15, 0.2) is 0 Å². The molecule has 1 aromatic heterocycles. The molecule has 2 radical (unpaired) electrons. The molecule has 1 unspecified atom stereocenters. The zero-order chi connectivity index (χ0) is 11.7. The quantitative estimate of drug-likeness (QED) is 0.771. The molecule has 0 amide bonds. The highest BCUT2D eigenvalue weighted by molar-refractivity contribution is 6.32. The van der Waals surface area contributed by atoms with Crippen LogP contribution in [0.3, 0.4) is 0 Å². The van der Waals surface area contributed by atoms with Crippen molar-refractivity contribution in [3.63, 3.8) is 0 Å². The maximum Gasteiger partial charge on any atom is 0.223 e. The summed E-state index contributed by atoms with van der Waals surface area (Å²) in [6.07, 6.45) is 0.626. The summed E-state index contributed by atoms with van der Waals surface area (Å²) in [4.78, 5) is 4.06. The van der Waals surface area contributed by atoms with Crippen LogP contribution in [0, 0.1) is 5.82 Å². The Bertz CT molecular complexity index is 510. The van der Waals surface area contributed by atoms with Crippen LogP contribution in [0.4, 0.5) is 4.39 Å². The molecular formula is C11H9BFNO2. The second kappa shape index (κ2) is 4.10. The van der Waals surface area contributed by atoms with Crippen LogP contribution < -0.4 is 5.46 Å². The fraction of sp³-hybridized carbons (Fsp3) is 0.182. The second-order valence-corrected chi connectivity index (χ2v) is 3.48. The van der Waals surface area contributed by atoms with Gasteiger partial charge in [-0.3, -0.25) is 0 Å². The van der Waals surface area contributed by atoms with Crippen molar-refractivity contribution >= 4 is 13.3 Å². The van der Waals surface area contributed by atoms with Gasteiger partial charge in [-0.25, -0.2) is 9.37 Å². The van der Waals surface area contributed by atoms with Gasteiger partial charge in [-0.1, -0.05) is 11.5 Å². The van der Waals surface area contributed by atoms with Crippen LogP contribution in [0.2, 0.25) is 0 Å². The highest BCUT2D eigenvalue weighted by Crippen LogP contribution is 2.20. The van der Waals surface area contributed by atoms with Crippen molar-refractivity contribution in [2.24, 2.45) is 0 Å². The minimum absolute atomic E-state index is 0.0547. The van der Waals surface area contributed by atoms with E-state index in [0.717, 1.165) is 0 Å². The lowest BCUT2D eigenvalue weighted by Crippen LogP contribution is -2.07. The third kappa shape index (κ3) is 1.99. The Morgan fingerprint density at radius 2 is 2.25 bits per heavy atom. The minimum Gasteiger partial charge on any atom is -0.446 e. The Labute approximate surface area is 93.3 Å². The molecule has 0 spiro atoms. The maximum absolute atomic E-state index is 12.9. The highest BCUT2D eigenvalue weighted by Gasteiger charge is 2.11. The SMILES string of the molecule is [B]c1cc(-c2coc(C(C)O)n2)ccc1F. The first-order valence-corrected chi connectivity index (χ1v) is 4.77. The Hall–Kier alpha value is -1.62. The summed E-state index contributed by atoms with van der Waals surface area (Å²) < 4.78 is 18.0. The van der Waals surface area contributed by atoms with Crippen molar-refractivity contribution in [3.05, 3.63) is 36.2 Å². The fourth-order valence-corrected chi connectivity index (χ4v) is 1.32. The number of halogens is 1. The van der Waals surface area contributed by atoms with E-state index >= 15 is 0 Å². The number of aliphatic hydroxyl groups excluding tert-OH is 1. The fourth-order valence-electron chi connectivity index (χ4n) is 1.32. The molecule has 0 aliphatic carbocycles. The predicted octanol–water partition coefficient (Wildman–Crippen LogP) is 1.33. The summed E-state index contributed by atoms with van der Waals surface area (Å²) in [5.74, 6) is -0.249. The smallest absolute Gasteiger partial charge is 0.223 e. The molecule has 0 fully saturated rings. The highest BCUT2D eigenvalue weighted by atomic mass is 19.1. The van der Waals surface area contributed by atoms with Gasteiger partial charge in [0.25, 0.3) is 0 Å². The summed E-state index contributed by atoms with van der Waals surface area (Å²) in [5.41, 5.74) is 1.22. The van der Waals surface area contributed by atoms with Crippen molar-refractivity contribution in [1.29, 1.82) is 0 Å². The van der Waals surface area contributed by atoms with E-state index in [-0.39, 0.29) is 11.4 Å². The van der Waals surface area contributed by atoms with E-state index in [0.29, 0.717) is 11.3 Å². The first kappa shape index (κ1) is 10.9. The van der Waals surface area contributed by atoms with Crippen molar-refractivity contribution < 1.29 is 13.9 Å². The Balaban J connectivity index is 2.39. The molecule has 1 heterocycles. The predicted molar refractivity (Wildman–Crippen MR) is 57.9 cm³/mol. The standard InChI is InChI=1S/C11H9BFNO2/c1-6(15)11-14-10(5-16-11)7-2-3-9(13)8(12)4-7/h2-6,15H,1H3. The lowest BCUT2D eigenvalue weighted by molar-refractivity contribution is 0.163. The molecule has 1 N–H and O–H groups in total. The van der Waals surface area contributed by atoms with Gasteiger partial charge >= 0.3 is 0 Å². The Morgan fingerprint density at radius 3 is 2.81 bits per heavy atom. The van der Waals surface area contributed by atoms with Gasteiger partial charge in [0, 0.05) is 5.56 Å². The first-order valence-electron chi connectivity index (χ1n) is 4.77. The summed E-state index contributed by atoms with van der Waals surface area (Å²) in [6, 6.07) is 4.29. The monoisotopic (exact) mass is 217 g/mol. The molecule has 0 bridgehead atoms. The van der Waals surface area contributed by atoms with Crippen LogP contribution >= 0.6 is 0 Å². The Morgan fingerprint density at radius 1 is 1.50 bits per heavy atom. The van der Waals surface area contributed by atoms with E-state index in [2.05, 4.69) is 4.98 Å². The molecule has 1 atom stereocenters. The molecule has 0 aliphatic rings. The van der Waals surface area contributed by atoms with E-state index < -0.39 is 11.9 Å². The van der Waals surface area contributed by atoms with E-state index in [1.54, 1.807) is 13.0 Å². The third-order valence-corrected chi connectivity index (χ3v) is 2.17. The Kier molecular flexibility index (Phi) is 2.79. The molecule has 0 aliphatic heterocycles. The lowest BCUT2D eigenvalue weighted by Gasteiger charge is -1.99. The van der Waals surface area contributed by atoms with Crippen LogP contribution in [0.1, 0.15) is 18.9 Å². The molecular weight excluding hydrogens is 208 g/mol. The number of aromatic nitrogens is 1. The van der Waals surface area contributed by atoms with Crippen LogP contribution in [0.5, 0.6) is 0 Å². The summed E-state index contributed by atoms with van der Waals surface area (Å²) in [7, 11) is 5.44. The van der Waals surface area contributed by atoms with Gasteiger partial charge in [-0.05, 0) is 19.1 Å². The number of nitrogens with zero attached hydrogens (tertiary/aromatic N) is 1. The number of rotatable bonds is 2. The van der Waals surface area contributed by atoms with E-state index in [1.165, 1.54) is 18.4 Å². The molecule has 2 rings (SSSR count). The average Bonchev–Trinajstić information content (AvgIpc) is 2.71. The largest absolute Gasteiger partial charge is 0.446 e. The van der Waals surface area contributed by atoms with E-state index in [9.17, 15) is 9.50 Å². The van der Waals surface area contributed by atoms with Crippen molar-refractivity contribution in [1.82, 2.24) is 4.98 Å². The molecule has 16 heavy (non-hydrogen) atoms. The number of oxazole rings is 1. The first-order chi connectivity index (χ1) is 7.58.